The summed E-state index contributed by atoms with van der Waals surface area (Å²) in [5.74, 6) is -1.67. The van der Waals surface area contributed by atoms with Crippen LogP contribution >= 0.6 is 0 Å². The molecule has 0 aliphatic rings. The molecule has 0 unspecified atom stereocenters. The fourth-order valence-corrected chi connectivity index (χ4v) is 3.94. The van der Waals surface area contributed by atoms with Gasteiger partial charge in [-0.25, -0.2) is 9.59 Å². The maximum atomic E-state index is 13.2. The van der Waals surface area contributed by atoms with E-state index < -0.39 is 42.1 Å². The summed E-state index contributed by atoms with van der Waals surface area (Å²) in [4.78, 5) is 49.8. The summed E-state index contributed by atoms with van der Waals surface area (Å²) in [6.07, 6.45) is -0.134. The van der Waals surface area contributed by atoms with Gasteiger partial charge in [0.2, 0.25) is 5.91 Å². The second-order valence-corrected chi connectivity index (χ2v) is 9.65. The van der Waals surface area contributed by atoms with Gasteiger partial charge in [0.25, 0.3) is 0 Å². The quantitative estimate of drug-likeness (QED) is 0.228. The Morgan fingerprint density at radius 1 is 0.875 bits per heavy atom. The highest BCUT2D eigenvalue weighted by atomic mass is 16.5. The molecule has 2 amide bonds. The van der Waals surface area contributed by atoms with Gasteiger partial charge < -0.3 is 30.0 Å². The lowest BCUT2D eigenvalue weighted by atomic mass is 10.00. The van der Waals surface area contributed by atoms with Gasteiger partial charge in [0.05, 0.1) is 20.3 Å². The summed E-state index contributed by atoms with van der Waals surface area (Å²) in [6, 6.07) is 13.1. The van der Waals surface area contributed by atoms with Crippen molar-refractivity contribution in [2.45, 2.75) is 57.8 Å². The Morgan fingerprint density at radius 2 is 1.55 bits per heavy atom. The van der Waals surface area contributed by atoms with Crippen LogP contribution in [0.3, 0.4) is 0 Å². The Labute approximate surface area is 234 Å². The number of nitrogens with one attached hydrogen (secondary N) is 3. The molecular weight excluding hydrogens is 518 g/mol. The van der Waals surface area contributed by atoms with Gasteiger partial charge in [-0.3, -0.25) is 14.9 Å². The summed E-state index contributed by atoms with van der Waals surface area (Å²) in [6.45, 7) is 3.99. The Kier molecular flexibility index (Phi) is 13.4. The van der Waals surface area contributed by atoms with Crippen LogP contribution in [0.1, 0.15) is 37.8 Å². The fraction of sp³-hybridized carbons (Fsp3) is 0.448. The molecule has 0 spiro atoms. The van der Waals surface area contributed by atoms with Gasteiger partial charge in [-0.15, -0.1) is 0 Å². The van der Waals surface area contributed by atoms with E-state index in [-0.39, 0.29) is 31.9 Å². The van der Waals surface area contributed by atoms with Crippen molar-refractivity contribution < 1.29 is 38.5 Å². The van der Waals surface area contributed by atoms with Crippen molar-refractivity contribution in [2.75, 3.05) is 20.8 Å². The molecule has 0 bridgehead atoms. The maximum Gasteiger partial charge on any atom is 0.407 e. The van der Waals surface area contributed by atoms with Crippen LogP contribution in [0.4, 0.5) is 4.79 Å². The first-order valence-corrected chi connectivity index (χ1v) is 13.1. The number of carboxylic acids is 1. The smallest absolute Gasteiger partial charge is 0.407 e. The van der Waals surface area contributed by atoms with Crippen molar-refractivity contribution in [2.24, 2.45) is 5.92 Å². The largest absolute Gasteiger partial charge is 0.497 e. The first kappa shape index (κ1) is 32.1. The van der Waals surface area contributed by atoms with Crippen LogP contribution in [-0.2, 0) is 36.9 Å². The van der Waals surface area contributed by atoms with E-state index in [0.717, 1.165) is 5.56 Å². The predicted octanol–water partition coefficient (Wildman–Crippen LogP) is 2.67. The number of esters is 1. The van der Waals surface area contributed by atoms with Crippen LogP contribution in [0.5, 0.6) is 5.75 Å². The van der Waals surface area contributed by atoms with Gasteiger partial charge >= 0.3 is 18.0 Å². The van der Waals surface area contributed by atoms with Crippen LogP contribution in [0.2, 0.25) is 0 Å². The summed E-state index contributed by atoms with van der Waals surface area (Å²) in [5.41, 5.74) is 1.54. The van der Waals surface area contributed by atoms with Crippen molar-refractivity contribution >= 4 is 23.9 Å². The second-order valence-electron chi connectivity index (χ2n) is 9.65. The van der Waals surface area contributed by atoms with Crippen molar-refractivity contribution in [3.8, 4) is 5.75 Å². The zero-order valence-electron chi connectivity index (χ0n) is 23.3. The Morgan fingerprint density at radius 3 is 2.12 bits per heavy atom. The van der Waals surface area contributed by atoms with Crippen LogP contribution < -0.4 is 20.7 Å². The minimum atomic E-state index is -1.19. The molecule has 2 aromatic rings. The lowest BCUT2D eigenvalue weighted by Gasteiger charge is -2.26. The average molecular weight is 558 g/mol. The Bertz CT molecular complexity index is 1090. The third-order valence-electron chi connectivity index (χ3n) is 6.04. The third-order valence-corrected chi connectivity index (χ3v) is 6.04. The number of carboxylic acid groups (broad SMARTS) is 1. The molecule has 2 aromatic carbocycles. The van der Waals surface area contributed by atoms with Crippen molar-refractivity contribution in [3.63, 3.8) is 0 Å². The molecule has 11 nitrogen and oxygen atoms in total. The van der Waals surface area contributed by atoms with E-state index in [1.54, 1.807) is 24.3 Å². The molecule has 0 aromatic heterocycles. The topological polar surface area (TPSA) is 152 Å². The number of carbonyl (C=O) groups excluding carboxylic acids is 3. The number of ether oxygens (including phenoxy) is 3. The SMILES string of the molecule is COC(=O)[C@@H](CCNC(=O)OCc1ccccc1)N[C@@H](CC(C)C)C(=O)N[C@@H](Cc1ccc(OC)cc1)C(=O)O. The van der Waals surface area contributed by atoms with Gasteiger partial charge in [0.1, 0.15) is 24.4 Å². The number of aliphatic carboxylic acids is 1. The molecule has 218 valence electrons. The molecule has 11 heteroatoms. The standard InChI is InChI=1S/C29H39N3O8/c1-19(2)16-24(26(33)32-25(27(34)35)17-20-10-12-22(38-3)13-11-20)31-23(28(36)39-4)14-15-30-29(37)40-18-21-8-6-5-7-9-21/h5-13,19,23-25,31H,14-18H2,1-4H3,(H,30,37)(H,32,33)(H,34,35)/t23-,24+,25+/m1/s1. The van der Waals surface area contributed by atoms with E-state index in [9.17, 15) is 24.3 Å². The van der Waals surface area contributed by atoms with Crippen LogP contribution in [0, 0.1) is 5.92 Å². The van der Waals surface area contributed by atoms with E-state index in [0.29, 0.717) is 17.7 Å². The number of hydrogen-bond donors (Lipinski definition) is 4. The molecule has 0 aliphatic heterocycles. The van der Waals surface area contributed by atoms with E-state index in [2.05, 4.69) is 16.0 Å². The lowest BCUT2D eigenvalue weighted by Crippen LogP contribution is -2.55. The lowest BCUT2D eigenvalue weighted by molar-refractivity contribution is -0.145. The molecule has 2 rings (SSSR count). The Balaban J connectivity index is 2.00. The molecule has 0 aliphatic carbocycles. The highest BCUT2D eigenvalue weighted by Gasteiger charge is 2.30. The highest BCUT2D eigenvalue weighted by molar-refractivity contribution is 5.88. The predicted molar refractivity (Wildman–Crippen MR) is 148 cm³/mol. The van der Waals surface area contributed by atoms with Crippen LogP contribution in [-0.4, -0.2) is 67.9 Å². The van der Waals surface area contributed by atoms with Crippen molar-refractivity contribution in [1.29, 1.82) is 0 Å². The van der Waals surface area contributed by atoms with Crippen LogP contribution in [0.25, 0.3) is 0 Å². The highest BCUT2D eigenvalue weighted by Crippen LogP contribution is 2.14. The van der Waals surface area contributed by atoms with Gasteiger partial charge in [0.15, 0.2) is 0 Å². The monoisotopic (exact) mass is 557 g/mol. The van der Waals surface area contributed by atoms with Crippen molar-refractivity contribution in [1.82, 2.24) is 16.0 Å². The molecule has 0 heterocycles. The maximum absolute atomic E-state index is 13.2. The van der Waals surface area contributed by atoms with Gasteiger partial charge in [-0.2, -0.15) is 0 Å². The normalized spacial score (nSPS) is 13.0. The van der Waals surface area contributed by atoms with E-state index in [1.165, 1.54) is 14.2 Å². The number of hydrogen-bond acceptors (Lipinski definition) is 8. The van der Waals surface area contributed by atoms with Crippen LogP contribution in [0.15, 0.2) is 54.6 Å². The second kappa shape index (κ2) is 16.8. The zero-order valence-corrected chi connectivity index (χ0v) is 23.3. The zero-order chi connectivity index (χ0) is 29.5. The number of carbonyl (C=O) groups is 4. The van der Waals surface area contributed by atoms with Gasteiger partial charge in [-0.1, -0.05) is 56.3 Å². The molecule has 0 saturated carbocycles. The molecule has 0 radical (unpaired) electrons. The summed E-state index contributed by atoms with van der Waals surface area (Å²) >= 11 is 0. The molecule has 4 N–H and O–H groups in total. The summed E-state index contributed by atoms with van der Waals surface area (Å²) < 4.78 is 15.2. The number of methoxy groups -OCH3 is 2. The first-order chi connectivity index (χ1) is 19.1. The molecule has 0 fully saturated rings. The number of rotatable bonds is 16. The summed E-state index contributed by atoms with van der Waals surface area (Å²) in [5, 5.41) is 17.9. The molecule has 0 saturated heterocycles. The molecule has 40 heavy (non-hydrogen) atoms. The molecular formula is C29H39N3O8. The van der Waals surface area contributed by atoms with Gasteiger partial charge in [0, 0.05) is 13.0 Å². The number of amides is 2. The molecule has 3 atom stereocenters. The third kappa shape index (κ3) is 11.3. The number of alkyl carbamates (subject to hydrolysis) is 1. The van der Waals surface area contributed by atoms with Crippen molar-refractivity contribution in [3.05, 3.63) is 65.7 Å². The summed E-state index contributed by atoms with van der Waals surface area (Å²) in [7, 11) is 2.76. The van der Waals surface area contributed by atoms with E-state index in [1.807, 2.05) is 44.2 Å². The first-order valence-electron chi connectivity index (χ1n) is 13.1. The number of benzene rings is 2. The minimum Gasteiger partial charge on any atom is -0.497 e. The van der Waals surface area contributed by atoms with Gasteiger partial charge in [-0.05, 0) is 42.0 Å². The fourth-order valence-electron chi connectivity index (χ4n) is 3.94. The van der Waals surface area contributed by atoms with E-state index in [4.69, 9.17) is 14.2 Å². The average Bonchev–Trinajstić information content (AvgIpc) is 2.94. The minimum absolute atomic E-state index is 0.0532. The Hall–Kier alpha value is -4.12. The van der Waals surface area contributed by atoms with E-state index >= 15 is 0 Å².